The molecule has 1 aromatic heterocycles. The maximum absolute atomic E-state index is 12.6. The summed E-state index contributed by atoms with van der Waals surface area (Å²) in [6.45, 7) is 6.49. The molecule has 0 spiro atoms. The molecule has 0 radical (unpaired) electrons. The topological polar surface area (TPSA) is 121 Å². The average Bonchev–Trinajstić information content (AvgIpc) is 2.78. The summed E-state index contributed by atoms with van der Waals surface area (Å²) in [5.41, 5.74) is 4.15. The van der Waals surface area contributed by atoms with E-state index in [4.69, 9.17) is 19.7 Å². The van der Waals surface area contributed by atoms with Crippen molar-refractivity contribution in [1.82, 2.24) is 15.4 Å². The summed E-state index contributed by atoms with van der Waals surface area (Å²) in [6, 6.07) is 8.33. The van der Waals surface area contributed by atoms with Gasteiger partial charge in [0.2, 0.25) is 0 Å². The van der Waals surface area contributed by atoms with E-state index >= 15 is 0 Å². The van der Waals surface area contributed by atoms with E-state index in [1.54, 1.807) is 16.4 Å². The SMILES string of the molecule is CC(C)(C)OC(=O)N1CCc2nc(CN3C(=O)COc4ccc(C(=O)NO)cc43)ccc2C1. The van der Waals surface area contributed by atoms with E-state index in [9.17, 15) is 14.4 Å². The van der Waals surface area contributed by atoms with E-state index in [1.165, 1.54) is 17.0 Å². The van der Waals surface area contributed by atoms with Gasteiger partial charge in [0, 0.05) is 24.2 Å². The molecule has 2 aliphatic heterocycles. The second-order valence-corrected chi connectivity index (χ2v) is 8.95. The van der Waals surface area contributed by atoms with Gasteiger partial charge in [-0.3, -0.25) is 24.7 Å². The molecule has 3 heterocycles. The number of aromatic nitrogens is 1. The number of ether oxygens (including phenoxy) is 2. The van der Waals surface area contributed by atoms with Crippen LogP contribution in [0.2, 0.25) is 0 Å². The van der Waals surface area contributed by atoms with E-state index < -0.39 is 11.5 Å². The number of benzene rings is 1. The predicted octanol–water partition coefficient (Wildman–Crippen LogP) is 2.42. The Morgan fingerprint density at radius 3 is 2.76 bits per heavy atom. The number of carbonyl (C=O) groups excluding carboxylic acids is 3. The monoisotopic (exact) mass is 454 g/mol. The van der Waals surface area contributed by atoms with Crippen LogP contribution in [-0.2, 0) is 29.0 Å². The Morgan fingerprint density at radius 2 is 2.03 bits per heavy atom. The zero-order chi connectivity index (χ0) is 23.8. The summed E-state index contributed by atoms with van der Waals surface area (Å²) in [4.78, 5) is 44.7. The lowest BCUT2D eigenvalue weighted by molar-refractivity contribution is -0.121. The summed E-state index contributed by atoms with van der Waals surface area (Å²) in [7, 11) is 0. The number of hydroxylamine groups is 1. The van der Waals surface area contributed by atoms with Crippen LogP contribution in [0.5, 0.6) is 5.75 Å². The molecule has 0 aliphatic carbocycles. The molecule has 2 N–H and O–H groups in total. The molecule has 10 heteroatoms. The van der Waals surface area contributed by atoms with Gasteiger partial charge in [0.15, 0.2) is 6.61 Å². The number of carbonyl (C=O) groups is 3. The van der Waals surface area contributed by atoms with Gasteiger partial charge in [0.1, 0.15) is 11.4 Å². The predicted molar refractivity (Wildman–Crippen MR) is 117 cm³/mol. The molecule has 4 rings (SSSR count). The summed E-state index contributed by atoms with van der Waals surface area (Å²) >= 11 is 0. The number of fused-ring (bicyclic) bond motifs is 2. The van der Waals surface area contributed by atoms with Crippen molar-refractivity contribution in [2.75, 3.05) is 18.1 Å². The molecule has 0 fully saturated rings. The van der Waals surface area contributed by atoms with E-state index in [0.29, 0.717) is 36.6 Å². The quantitative estimate of drug-likeness (QED) is 0.540. The van der Waals surface area contributed by atoms with Gasteiger partial charge in [-0.15, -0.1) is 0 Å². The highest BCUT2D eigenvalue weighted by atomic mass is 16.6. The van der Waals surface area contributed by atoms with Gasteiger partial charge in [-0.25, -0.2) is 10.3 Å². The molecule has 2 aromatic rings. The smallest absolute Gasteiger partial charge is 0.410 e. The van der Waals surface area contributed by atoms with Crippen LogP contribution in [0.15, 0.2) is 30.3 Å². The second-order valence-electron chi connectivity index (χ2n) is 8.95. The average molecular weight is 454 g/mol. The van der Waals surface area contributed by atoms with Gasteiger partial charge >= 0.3 is 6.09 Å². The fourth-order valence-corrected chi connectivity index (χ4v) is 3.77. The van der Waals surface area contributed by atoms with Crippen molar-refractivity contribution < 1.29 is 29.1 Å². The van der Waals surface area contributed by atoms with E-state index in [-0.39, 0.29) is 30.7 Å². The number of hydrogen-bond donors (Lipinski definition) is 2. The van der Waals surface area contributed by atoms with Gasteiger partial charge < -0.3 is 14.4 Å². The lowest BCUT2D eigenvalue weighted by Gasteiger charge is -2.32. The Morgan fingerprint density at radius 1 is 1.24 bits per heavy atom. The summed E-state index contributed by atoms with van der Waals surface area (Å²) < 4.78 is 10.9. The molecule has 0 bridgehead atoms. The number of anilines is 1. The second kappa shape index (κ2) is 8.70. The zero-order valence-corrected chi connectivity index (χ0v) is 18.8. The number of amides is 3. The van der Waals surface area contributed by atoms with Gasteiger partial charge in [-0.05, 0) is 50.6 Å². The lowest BCUT2D eigenvalue weighted by atomic mass is 10.0. The lowest BCUT2D eigenvalue weighted by Crippen LogP contribution is -2.40. The van der Waals surface area contributed by atoms with Crippen LogP contribution in [0.25, 0.3) is 0 Å². The van der Waals surface area contributed by atoms with Crippen LogP contribution in [0.3, 0.4) is 0 Å². The normalized spacial score (nSPS) is 15.3. The van der Waals surface area contributed by atoms with Crippen molar-refractivity contribution in [2.24, 2.45) is 0 Å². The van der Waals surface area contributed by atoms with Crippen LogP contribution >= 0.6 is 0 Å². The fourth-order valence-electron chi connectivity index (χ4n) is 3.77. The van der Waals surface area contributed by atoms with Crippen molar-refractivity contribution >= 4 is 23.6 Å². The fraction of sp³-hybridized carbons (Fsp3) is 0.391. The molecule has 174 valence electrons. The largest absolute Gasteiger partial charge is 0.482 e. The first kappa shape index (κ1) is 22.5. The van der Waals surface area contributed by atoms with Crippen LogP contribution < -0.4 is 15.1 Å². The highest BCUT2D eigenvalue weighted by Gasteiger charge is 2.29. The molecule has 1 aromatic carbocycles. The van der Waals surface area contributed by atoms with E-state index in [1.807, 2.05) is 32.9 Å². The van der Waals surface area contributed by atoms with Crippen molar-refractivity contribution in [2.45, 2.75) is 45.9 Å². The highest BCUT2D eigenvalue weighted by Crippen LogP contribution is 2.34. The number of nitrogens with zero attached hydrogens (tertiary/aromatic N) is 3. The summed E-state index contributed by atoms with van der Waals surface area (Å²) in [6.07, 6.45) is 0.229. The minimum Gasteiger partial charge on any atom is -0.482 e. The van der Waals surface area contributed by atoms with Gasteiger partial charge in [-0.1, -0.05) is 6.07 Å². The Hall–Kier alpha value is -3.66. The summed E-state index contributed by atoms with van der Waals surface area (Å²) in [5.74, 6) is -0.480. The maximum Gasteiger partial charge on any atom is 0.410 e. The summed E-state index contributed by atoms with van der Waals surface area (Å²) in [5, 5.41) is 8.91. The number of pyridine rings is 1. The first-order valence-corrected chi connectivity index (χ1v) is 10.6. The minimum absolute atomic E-state index is 0.117. The Bertz CT molecular complexity index is 1110. The first-order chi connectivity index (χ1) is 15.6. The molecule has 0 unspecified atom stereocenters. The van der Waals surface area contributed by atoms with E-state index in [2.05, 4.69) is 0 Å². The molecular weight excluding hydrogens is 428 g/mol. The van der Waals surface area contributed by atoms with Crippen LogP contribution in [0.4, 0.5) is 10.5 Å². The van der Waals surface area contributed by atoms with Crippen LogP contribution in [0.1, 0.15) is 48.1 Å². The minimum atomic E-state index is -0.683. The van der Waals surface area contributed by atoms with Crippen LogP contribution in [-0.4, -0.2) is 51.8 Å². The van der Waals surface area contributed by atoms with Crippen LogP contribution in [0, 0.1) is 0 Å². The Kier molecular flexibility index (Phi) is 5.94. The Balaban J connectivity index is 1.53. The van der Waals surface area contributed by atoms with Crippen molar-refractivity contribution in [1.29, 1.82) is 0 Å². The third-order valence-electron chi connectivity index (χ3n) is 5.34. The first-order valence-electron chi connectivity index (χ1n) is 10.6. The highest BCUT2D eigenvalue weighted by molar-refractivity contribution is 6.00. The Labute approximate surface area is 191 Å². The molecular formula is C23H26N4O6. The molecule has 0 atom stereocenters. The molecule has 33 heavy (non-hydrogen) atoms. The van der Waals surface area contributed by atoms with Crippen molar-refractivity contribution in [3.05, 3.63) is 52.8 Å². The number of hydrogen-bond acceptors (Lipinski definition) is 7. The maximum atomic E-state index is 12.6. The third-order valence-corrected chi connectivity index (χ3v) is 5.34. The van der Waals surface area contributed by atoms with Crippen molar-refractivity contribution in [3.63, 3.8) is 0 Å². The zero-order valence-electron chi connectivity index (χ0n) is 18.8. The molecule has 2 aliphatic rings. The number of nitrogens with one attached hydrogen (secondary N) is 1. The number of rotatable bonds is 3. The molecule has 10 nitrogen and oxygen atoms in total. The van der Waals surface area contributed by atoms with Gasteiger partial charge in [0.25, 0.3) is 11.8 Å². The standard InChI is InChI=1S/C23H26N4O6/c1-23(2,3)33-22(30)26-9-8-17-15(11-26)4-6-16(24-17)12-27-18-10-14(21(29)25-31)5-7-19(18)32-13-20(27)28/h4-7,10,31H,8-9,11-13H2,1-3H3,(H,25,29). The van der Waals surface area contributed by atoms with Gasteiger partial charge in [0.05, 0.1) is 24.5 Å². The third kappa shape index (κ3) is 4.90. The van der Waals surface area contributed by atoms with Gasteiger partial charge in [-0.2, -0.15) is 0 Å². The molecule has 0 saturated carbocycles. The van der Waals surface area contributed by atoms with Crippen molar-refractivity contribution in [3.8, 4) is 5.75 Å². The van der Waals surface area contributed by atoms with E-state index in [0.717, 1.165) is 11.3 Å². The molecule has 3 amide bonds. The molecule has 0 saturated heterocycles.